The van der Waals surface area contributed by atoms with E-state index in [-0.39, 0.29) is 16.7 Å². The number of aromatic nitrogens is 4. The monoisotopic (exact) mass is 402 g/mol. The average molecular weight is 403 g/mol. The first-order valence-electron chi connectivity index (χ1n) is 10.7. The van der Waals surface area contributed by atoms with E-state index >= 15 is 0 Å². The number of unbranched alkanes of at least 4 members (excludes halogenated alkanes) is 5. The van der Waals surface area contributed by atoms with Gasteiger partial charge < -0.3 is 0 Å². The fourth-order valence-electron chi connectivity index (χ4n) is 3.73. The van der Waals surface area contributed by atoms with Crippen LogP contribution in [0.5, 0.6) is 0 Å². The number of rotatable bonds is 7. The maximum absolute atomic E-state index is 12.9. The van der Waals surface area contributed by atoms with Crippen molar-refractivity contribution >= 4 is 22.8 Å². The molecule has 0 saturated heterocycles. The smallest absolute Gasteiger partial charge is 0.297 e. The van der Waals surface area contributed by atoms with Crippen molar-refractivity contribution in [1.82, 2.24) is 18.7 Å². The molecule has 0 unspecified atom stereocenters. The van der Waals surface area contributed by atoms with Crippen molar-refractivity contribution in [3.63, 3.8) is 0 Å². The fourth-order valence-corrected chi connectivity index (χ4v) is 3.73. The van der Waals surface area contributed by atoms with Gasteiger partial charge in [0.15, 0.2) is 11.2 Å². The molecule has 160 valence electrons. The quantitative estimate of drug-likeness (QED) is 0.667. The number of imidazole rings is 1. The number of fused-ring (bicyclic) bond motifs is 3. The van der Waals surface area contributed by atoms with Gasteiger partial charge in [-0.15, -0.1) is 0 Å². The summed E-state index contributed by atoms with van der Waals surface area (Å²) in [5.74, 6) is 0.653. The molecule has 0 amide bonds. The van der Waals surface area contributed by atoms with Crippen molar-refractivity contribution in [2.75, 3.05) is 11.6 Å². The largest absolute Gasteiger partial charge is 0.332 e. The molecule has 1 aliphatic rings. The lowest BCUT2D eigenvalue weighted by Gasteiger charge is -2.31. The molecule has 0 N–H and O–H groups in total. The molecule has 0 fully saturated rings. The Hall–Kier alpha value is -2.38. The topological polar surface area (TPSA) is 77.4 Å². The van der Waals surface area contributed by atoms with Crippen LogP contribution in [0.4, 0.5) is 5.95 Å². The lowest BCUT2D eigenvalue weighted by Crippen LogP contribution is -2.39. The summed E-state index contributed by atoms with van der Waals surface area (Å²) < 4.78 is 4.53. The molecular weight excluding hydrogens is 368 g/mol. The van der Waals surface area contributed by atoms with Crippen molar-refractivity contribution in [1.29, 1.82) is 0 Å². The Balaban J connectivity index is 2.00. The molecule has 0 aliphatic carbocycles. The van der Waals surface area contributed by atoms with E-state index in [9.17, 15) is 9.59 Å². The number of hydrazone groups is 1. The van der Waals surface area contributed by atoms with Crippen LogP contribution in [-0.4, -0.2) is 30.9 Å². The van der Waals surface area contributed by atoms with E-state index in [1.165, 1.54) is 37.3 Å². The third kappa shape index (κ3) is 4.02. The summed E-state index contributed by atoms with van der Waals surface area (Å²) in [5.41, 5.74) is 1.10. The number of hydrogen-bond donors (Lipinski definition) is 0. The van der Waals surface area contributed by atoms with Gasteiger partial charge in [-0.2, -0.15) is 10.1 Å². The van der Waals surface area contributed by atoms with E-state index in [0.717, 1.165) is 29.7 Å². The molecule has 8 nitrogen and oxygen atoms in total. The third-order valence-electron chi connectivity index (χ3n) is 5.70. The molecule has 0 aromatic carbocycles. The third-order valence-corrected chi connectivity index (χ3v) is 5.70. The molecule has 0 atom stereocenters. The van der Waals surface area contributed by atoms with Crippen LogP contribution in [0, 0.1) is 5.41 Å². The second-order valence-electron chi connectivity index (χ2n) is 9.06. The maximum Gasteiger partial charge on any atom is 0.332 e. The molecule has 3 rings (SSSR count). The number of aryl methyl sites for hydroxylation is 1. The Bertz CT molecular complexity index is 1030. The van der Waals surface area contributed by atoms with Gasteiger partial charge in [-0.1, -0.05) is 59.8 Å². The van der Waals surface area contributed by atoms with Crippen molar-refractivity contribution in [3.05, 3.63) is 20.8 Å². The van der Waals surface area contributed by atoms with Crippen molar-refractivity contribution in [3.8, 4) is 0 Å². The highest BCUT2D eigenvalue weighted by molar-refractivity contribution is 5.93. The normalized spacial score (nSPS) is 14.4. The van der Waals surface area contributed by atoms with Gasteiger partial charge in [0, 0.05) is 26.1 Å². The molecule has 0 spiro atoms. The molecule has 2 aromatic heterocycles. The van der Waals surface area contributed by atoms with Crippen LogP contribution in [0.15, 0.2) is 14.7 Å². The van der Waals surface area contributed by atoms with Gasteiger partial charge in [0.05, 0.1) is 12.3 Å². The summed E-state index contributed by atoms with van der Waals surface area (Å²) in [6, 6.07) is 0. The van der Waals surface area contributed by atoms with Crippen molar-refractivity contribution in [2.24, 2.45) is 24.6 Å². The van der Waals surface area contributed by atoms with E-state index in [2.05, 4.69) is 32.7 Å². The fraction of sp³-hybridized carbons (Fsp3) is 0.714. The minimum absolute atomic E-state index is 0.125. The zero-order valence-electron chi connectivity index (χ0n) is 18.7. The molecule has 0 saturated carbocycles. The summed E-state index contributed by atoms with van der Waals surface area (Å²) in [6.07, 6.45) is 7.18. The van der Waals surface area contributed by atoms with E-state index in [4.69, 9.17) is 5.10 Å². The molecule has 3 heterocycles. The van der Waals surface area contributed by atoms with Crippen LogP contribution >= 0.6 is 0 Å². The lowest BCUT2D eigenvalue weighted by molar-refractivity contribution is 0.541. The summed E-state index contributed by atoms with van der Waals surface area (Å²) >= 11 is 0. The van der Waals surface area contributed by atoms with Gasteiger partial charge in [-0.05, 0) is 6.42 Å². The number of hydrogen-bond acceptors (Lipinski definition) is 5. The average Bonchev–Trinajstić information content (AvgIpc) is 3.06. The van der Waals surface area contributed by atoms with Crippen molar-refractivity contribution in [2.45, 2.75) is 72.8 Å². The molecule has 0 bridgehead atoms. The first kappa shape index (κ1) is 21.3. The van der Waals surface area contributed by atoms with Crippen molar-refractivity contribution < 1.29 is 0 Å². The maximum atomic E-state index is 12.9. The van der Waals surface area contributed by atoms with Gasteiger partial charge in [0.25, 0.3) is 5.56 Å². The van der Waals surface area contributed by atoms with E-state index in [0.29, 0.717) is 23.7 Å². The minimum atomic E-state index is -0.364. The summed E-state index contributed by atoms with van der Waals surface area (Å²) in [5, 5.41) is 6.82. The standard InChI is InChI=1S/C21H34N6O2/c1-7-8-9-10-11-12-13-27-19-22-17-16(18(28)25(6)20(29)24(17)5)26(19)14-15(23-27)21(2,3)4/h7-14H2,1-6H3. The molecule has 0 radical (unpaired) electrons. The first-order valence-corrected chi connectivity index (χ1v) is 10.7. The Morgan fingerprint density at radius 2 is 1.62 bits per heavy atom. The molecule has 8 heteroatoms. The zero-order chi connectivity index (χ0) is 21.3. The van der Waals surface area contributed by atoms with Crippen LogP contribution in [0.1, 0.15) is 66.2 Å². The highest BCUT2D eigenvalue weighted by Crippen LogP contribution is 2.29. The summed E-state index contributed by atoms with van der Waals surface area (Å²) in [7, 11) is 3.17. The second kappa shape index (κ2) is 8.16. The van der Waals surface area contributed by atoms with E-state index < -0.39 is 0 Å². The first-order chi connectivity index (χ1) is 13.7. The van der Waals surface area contributed by atoms with E-state index in [1.54, 1.807) is 7.05 Å². The molecule has 29 heavy (non-hydrogen) atoms. The lowest BCUT2D eigenvalue weighted by atomic mass is 9.89. The van der Waals surface area contributed by atoms with Crippen LogP contribution in [0.25, 0.3) is 11.2 Å². The SMILES string of the molecule is CCCCCCCCN1N=C(C(C)(C)C)Cn2c1nc1c2c(=O)n(C)c(=O)n1C. The van der Waals surface area contributed by atoms with Crippen LogP contribution in [-0.2, 0) is 20.6 Å². The predicted molar refractivity (Wildman–Crippen MR) is 118 cm³/mol. The minimum Gasteiger partial charge on any atom is -0.297 e. The van der Waals surface area contributed by atoms with E-state index in [1.807, 2.05) is 9.58 Å². The highest BCUT2D eigenvalue weighted by Gasteiger charge is 2.31. The van der Waals surface area contributed by atoms with Gasteiger partial charge in [0.2, 0.25) is 5.95 Å². The van der Waals surface area contributed by atoms with Gasteiger partial charge in [0.1, 0.15) is 0 Å². The summed E-state index contributed by atoms with van der Waals surface area (Å²) in [4.78, 5) is 29.9. The zero-order valence-corrected chi connectivity index (χ0v) is 18.7. The Labute approximate surface area is 171 Å². The van der Waals surface area contributed by atoms with Gasteiger partial charge >= 0.3 is 5.69 Å². The second-order valence-corrected chi connectivity index (χ2v) is 9.06. The van der Waals surface area contributed by atoms with Crippen LogP contribution in [0.2, 0.25) is 0 Å². The van der Waals surface area contributed by atoms with Crippen LogP contribution in [0.3, 0.4) is 0 Å². The predicted octanol–water partition coefficient (Wildman–Crippen LogP) is 3.02. The Morgan fingerprint density at radius 1 is 0.966 bits per heavy atom. The molecular formula is C21H34N6O2. The van der Waals surface area contributed by atoms with Crippen LogP contribution < -0.4 is 16.3 Å². The Morgan fingerprint density at radius 3 is 2.28 bits per heavy atom. The molecule has 1 aliphatic heterocycles. The highest BCUT2D eigenvalue weighted by atomic mass is 16.2. The van der Waals surface area contributed by atoms with Gasteiger partial charge in [-0.25, -0.2) is 9.80 Å². The molecule has 2 aromatic rings. The summed E-state index contributed by atoms with van der Waals surface area (Å²) in [6.45, 7) is 9.88. The number of anilines is 1. The number of nitrogens with zero attached hydrogens (tertiary/aromatic N) is 6. The Kier molecular flexibility index (Phi) is 6.00. The van der Waals surface area contributed by atoms with Gasteiger partial charge in [-0.3, -0.25) is 18.5 Å².